The van der Waals surface area contributed by atoms with Crippen molar-refractivity contribution in [3.05, 3.63) is 16.1 Å². The van der Waals surface area contributed by atoms with E-state index in [1.165, 1.54) is 17.7 Å². The number of hydrogen-bond donors (Lipinski definition) is 0. The number of hydrogen-bond acceptors (Lipinski definition) is 3. The van der Waals surface area contributed by atoms with Crippen LogP contribution in [-0.4, -0.2) is 4.98 Å². The van der Waals surface area contributed by atoms with Gasteiger partial charge in [-0.1, -0.05) is 13.3 Å². The van der Waals surface area contributed by atoms with E-state index in [2.05, 4.69) is 24.9 Å². The van der Waals surface area contributed by atoms with Gasteiger partial charge >= 0.3 is 0 Å². The van der Waals surface area contributed by atoms with Gasteiger partial charge in [-0.3, -0.25) is 0 Å². The predicted octanol–water partition coefficient (Wildman–Crippen LogP) is 4.10. The van der Waals surface area contributed by atoms with Gasteiger partial charge < -0.3 is 0 Å². The highest BCUT2D eigenvalue weighted by atomic mass is 32.1. The molecule has 1 aliphatic carbocycles. The van der Waals surface area contributed by atoms with Gasteiger partial charge in [-0.25, -0.2) is 4.98 Å². The lowest BCUT2D eigenvalue weighted by Crippen LogP contribution is -2.15. The molecular formula is C14H20N2S. The maximum atomic E-state index is 9.47. The first-order valence-electron chi connectivity index (χ1n) is 6.49. The van der Waals surface area contributed by atoms with Crippen LogP contribution in [0.2, 0.25) is 0 Å². The molecule has 0 spiro atoms. The fraction of sp³-hybridized carbons (Fsp3) is 0.714. The Kier molecular flexibility index (Phi) is 3.83. The van der Waals surface area contributed by atoms with Crippen LogP contribution in [0.4, 0.5) is 0 Å². The Morgan fingerprint density at radius 3 is 3.00 bits per heavy atom. The molecule has 0 aromatic carbocycles. The lowest BCUT2D eigenvalue weighted by Gasteiger charge is -2.20. The second-order valence-electron chi connectivity index (χ2n) is 5.27. The van der Waals surface area contributed by atoms with E-state index in [-0.39, 0.29) is 5.41 Å². The first-order valence-corrected chi connectivity index (χ1v) is 7.37. The van der Waals surface area contributed by atoms with Crippen LogP contribution in [0.3, 0.4) is 0 Å². The summed E-state index contributed by atoms with van der Waals surface area (Å²) in [5.41, 5.74) is 3.01. The second-order valence-corrected chi connectivity index (χ2v) is 6.21. The molecule has 0 N–H and O–H groups in total. The number of aryl methyl sites for hydroxylation is 2. The smallest absolute Gasteiger partial charge is 0.0797 e. The van der Waals surface area contributed by atoms with Crippen molar-refractivity contribution in [3.8, 4) is 6.07 Å². The predicted molar refractivity (Wildman–Crippen MR) is 70.9 cm³/mol. The van der Waals surface area contributed by atoms with Gasteiger partial charge in [0.1, 0.15) is 0 Å². The maximum Gasteiger partial charge on any atom is 0.0797 e. The third-order valence-corrected chi connectivity index (χ3v) is 5.20. The van der Waals surface area contributed by atoms with Crippen LogP contribution < -0.4 is 0 Å². The highest BCUT2D eigenvalue weighted by Gasteiger charge is 2.38. The summed E-state index contributed by atoms with van der Waals surface area (Å²) in [5.74, 6) is 0.775. The minimum Gasteiger partial charge on any atom is -0.250 e. The lowest BCUT2D eigenvalue weighted by atomic mass is 9.82. The number of rotatable bonds is 4. The van der Waals surface area contributed by atoms with E-state index in [9.17, 15) is 5.26 Å². The average Bonchev–Trinajstić information content (AvgIpc) is 2.94. The molecule has 2 nitrogen and oxygen atoms in total. The molecule has 1 fully saturated rings. The molecule has 0 saturated heterocycles. The Morgan fingerprint density at radius 2 is 2.47 bits per heavy atom. The fourth-order valence-corrected chi connectivity index (χ4v) is 3.67. The highest BCUT2D eigenvalue weighted by Crippen LogP contribution is 2.45. The van der Waals surface area contributed by atoms with Crippen LogP contribution in [0.5, 0.6) is 0 Å². The summed E-state index contributed by atoms with van der Waals surface area (Å²) >= 11 is 1.73. The van der Waals surface area contributed by atoms with E-state index < -0.39 is 0 Å². The minimum absolute atomic E-state index is 0.0445. The van der Waals surface area contributed by atoms with Crippen LogP contribution in [0.1, 0.15) is 49.6 Å². The van der Waals surface area contributed by atoms with Gasteiger partial charge in [0.15, 0.2) is 0 Å². The molecular weight excluding hydrogens is 228 g/mol. The van der Waals surface area contributed by atoms with E-state index in [4.69, 9.17) is 0 Å². The average molecular weight is 248 g/mol. The van der Waals surface area contributed by atoms with Gasteiger partial charge in [-0.2, -0.15) is 5.26 Å². The fourth-order valence-electron chi connectivity index (χ4n) is 2.89. The van der Waals surface area contributed by atoms with Crippen molar-refractivity contribution >= 4 is 11.3 Å². The third-order valence-electron chi connectivity index (χ3n) is 4.20. The zero-order valence-electron chi connectivity index (χ0n) is 10.7. The molecule has 0 amide bonds. The number of nitrogens with zero attached hydrogens (tertiary/aromatic N) is 2. The summed E-state index contributed by atoms with van der Waals surface area (Å²) in [6.07, 6.45) is 6.72. The van der Waals surface area contributed by atoms with Gasteiger partial charge in [0, 0.05) is 4.88 Å². The lowest BCUT2D eigenvalue weighted by molar-refractivity contribution is 0.356. The number of aromatic nitrogens is 1. The molecule has 2 atom stereocenters. The van der Waals surface area contributed by atoms with Gasteiger partial charge in [-0.15, -0.1) is 11.3 Å². The van der Waals surface area contributed by atoms with Crippen LogP contribution in [0, 0.1) is 29.6 Å². The van der Waals surface area contributed by atoms with Crippen molar-refractivity contribution in [1.29, 1.82) is 5.26 Å². The molecule has 3 heteroatoms. The Hall–Kier alpha value is -0.880. The Labute approximate surface area is 108 Å². The van der Waals surface area contributed by atoms with E-state index in [1.54, 1.807) is 11.3 Å². The van der Waals surface area contributed by atoms with E-state index >= 15 is 0 Å². The van der Waals surface area contributed by atoms with Crippen molar-refractivity contribution in [1.82, 2.24) is 4.98 Å². The molecule has 0 radical (unpaired) electrons. The summed E-state index contributed by atoms with van der Waals surface area (Å²) in [4.78, 5) is 5.64. The quantitative estimate of drug-likeness (QED) is 0.804. The zero-order valence-corrected chi connectivity index (χ0v) is 11.5. The van der Waals surface area contributed by atoms with Gasteiger partial charge in [-0.05, 0) is 44.9 Å². The first kappa shape index (κ1) is 12.6. The summed E-state index contributed by atoms with van der Waals surface area (Å²) in [7, 11) is 0. The number of thiazole rings is 1. The van der Waals surface area contributed by atoms with E-state index in [0.29, 0.717) is 0 Å². The normalized spacial score (nSPS) is 28.2. The monoisotopic (exact) mass is 248 g/mol. The Morgan fingerprint density at radius 1 is 1.65 bits per heavy atom. The van der Waals surface area contributed by atoms with Crippen molar-refractivity contribution < 1.29 is 0 Å². The van der Waals surface area contributed by atoms with Crippen LogP contribution >= 0.6 is 11.3 Å². The Balaban J connectivity index is 1.98. The van der Waals surface area contributed by atoms with Crippen LogP contribution in [-0.2, 0) is 6.42 Å². The zero-order chi connectivity index (χ0) is 12.3. The maximum absolute atomic E-state index is 9.47. The standard InChI is InChI=1S/C14H20N2S/c1-3-12-4-6-14(8-12,9-15)7-5-13-11(2)16-10-17-13/h10,12H,3-8H2,1-2H3. The molecule has 1 heterocycles. The minimum atomic E-state index is -0.0445. The van der Waals surface area contributed by atoms with Crippen molar-refractivity contribution in [2.45, 2.75) is 52.4 Å². The van der Waals surface area contributed by atoms with E-state index in [1.807, 2.05) is 5.51 Å². The molecule has 1 aromatic heterocycles. The largest absolute Gasteiger partial charge is 0.250 e. The number of nitriles is 1. The van der Waals surface area contributed by atoms with Gasteiger partial charge in [0.25, 0.3) is 0 Å². The van der Waals surface area contributed by atoms with Gasteiger partial charge in [0.05, 0.1) is 22.7 Å². The van der Waals surface area contributed by atoms with Crippen LogP contribution in [0.25, 0.3) is 0 Å². The topological polar surface area (TPSA) is 36.7 Å². The first-order chi connectivity index (χ1) is 8.19. The summed E-state index contributed by atoms with van der Waals surface area (Å²) in [6.45, 7) is 4.31. The molecule has 1 aromatic rings. The molecule has 2 rings (SSSR count). The summed E-state index contributed by atoms with van der Waals surface area (Å²) < 4.78 is 0. The van der Waals surface area contributed by atoms with Gasteiger partial charge in [0.2, 0.25) is 0 Å². The molecule has 0 aliphatic heterocycles. The second kappa shape index (κ2) is 5.18. The molecule has 1 saturated carbocycles. The SMILES string of the molecule is CCC1CCC(C#N)(CCc2scnc2C)C1. The van der Waals surface area contributed by atoms with Crippen LogP contribution in [0.15, 0.2) is 5.51 Å². The van der Waals surface area contributed by atoms with Crippen molar-refractivity contribution in [2.75, 3.05) is 0 Å². The molecule has 92 valence electrons. The van der Waals surface area contributed by atoms with E-state index in [0.717, 1.165) is 37.3 Å². The summed E-state index contributed by atoms with van der Waals surface area (Å²) in [6, 6.07) is 2.61. The molecule has 2 unspecified atom stereocenters. The van der Waals surface area contributed by atoms with Crippen molar-refractivity contribution in [3.63, 3.8) is 0 Å². The third kappa shape index (κ3) is 2.69. The Bertz CT molecular complexity index is 418. The molecule has 1 aliphatic rings. The highest BCUT2D eigenvalue weighted by molar-refractivity contribution is 7.09. The molecule has 17 heavy (non-hydrogen) atoms. The summed E-state index contributed by atoms with van der Waals surface area (Å²) in [5, 5.41) is 9.47. The van der Waals surface area contributed by atoms with Crippen molar-refractivity contribution in [2.24, 2.45) is 11.3 Å². The molecule has 0 bridgehead atoms.